The molecular weight excluding hydrogens is 204 g/mol. The van der Waals surface area contributed by atoms with E-state index in [1.54, 1.807) is 0 Å². The first-order valence-corrected chi connectivity index (χ1v) is 7.38. The number of nitrogens with one attached hydrogen (secondary N) is 1. The highest BCUT2D eigenvalue weighted by molar-refractivity contribution is 7.99. The van der Waals surface area contributed by atoms with E-state index in [1.807, 2.05) is 11.8 Å². The lowest BCUT2D eigenvalue weighted by atomic mass is 9.94. The van der Waals surface area contributed by atoms with E-state index in [2.05, 4.69) is 37.4 Å². The largest absolute Gasteiger partial charge is 0.317 e. The Morgan fingerprint density at radius 3 is 2.80 bits per heavy atom. The van der Waals surface area contributed by atoms with Gasteiger partial charge in [0.05, 0.1) is 0 Å². The molecule has 1 heterocycles. The first-order valence-electron chi connectivity index (χ1n) is 6.09. The quantitative estimate of drug-likeness (QED) is 0.778. The smallest absolute Gasteiger partial charge is 0.0114 e. The van der Waals surface area contributed by atoms with Gasteiger partial charge in [-0.2, -0.15) is 11.8 Å². The molecular formula is C12H26N2S. The summed E-state index contributed by atoms with van der Waals surface area (Å²) >= 11 is 1.98. The first kappa shape index (κ1) is 13.3. The maximum Gasteiger partial charge on any atom is 0.0114 e. The highest BCUT2D eigenvalue weighted by Gasteiger charge is 2.24. The second-order valence-electron chi connectivity index (χ2n) is 4.80. The molecule has 0 aromatic heterocycles. The van der Waals surface area contributed by atoms with Crippen molar-refractivity contribution in [1.29, 1.82) is 0 Å². The molecule has 3 atom stereocenters. The normalized spacial score (nSPS) is 30.4. The van der Waals surface area contributed by atoms with Gasteiger partial charge < -0.3 is 10.2 Å². The number of likely N-dealkylation sites (tertiary alicyclic amines) is 1. The molecule has 0 bridgehead atoms. The van der Waals surface area contributed by atoms with E-state index in [-0.39, 0.29) is 0 Å². The molecule has 0 aromatic carbocycles. The Morgan fingerprint density at radius 1 is 1.53 bits per heavy atom. The number of hydrogen-bond donors (Lipinski definition) is 1. The van der Waals surface area contributed by atoms with Gasteiger partial charge in [0.15, 0.2) is 0 Å². The minimum Gasteiger partial charge on any atom is -0.317 e. The van der Waals surface area contributed by atoms with Gasteiger partial charge in [0.25, 0.3) is 0 Å². The van der Waals surface area contributed by atoms with Crippen molar-refractivity contribution in [3.05, 3.63) is 0 Å². The fourth-order valence-electron chi connectivity index (χ4n) is 2.35. The molecule has 0 saturated carbocycles. The molecule has 2 nitrogen and oxygen atoms in total. The molecule has 1 aliphatic heterocycles. The molecule has 3 unspecified atom stereocenters. The van der Waals surface area contributed by atoms with E-state index in [0.717, 1.165) is 17.2 Å². The van der Waals surface area contributed by atoms with Gasteiger partial charge in [0, 0.05) is 17.8 Å². The molecule has 15 heavy (non-hydrogen) atoms. The third-order valence-electron chi connectivity index (χ3n) is 3.61. The molecule has 0 aromatic rings. The van der Waals surface area contributed by atoms with Gasteiger partial charge in [-0.05, 0) is 45.2 Å². The maximum atomic E-state index is 3.42. The monoisotopic (exact) mass is 230 g/mol. The zero-order chi connectivity index (χ0) is 11.3. The second kappa shape index (κ2) is 6.77. The van der Waals surface area contributed by atoms with Crippen LogP contribution in [0.2, 0.25) is 0 Å². The SMILES string of the molecule is CNC1CCN(CCC(C)SC)CC1C. The minimum atomic E-state index is 0.735. The van der Waals surface area contributed by atoms with Crippen molar-refractivity contribution in [2.75, 3.05) is 32.9 Å². The molecule has 1 fully saturated rings. The van der Waals surface area contributed by atoms with Crippen LogP contribution in [0.3, 0.4) is 0 Å². The average Bonchev–Trinajstić information content (AvgIpc) is 2.26. The number of rotatable bonds is 5. The zero-order valence-electron chi connectivity index (χ0n) is 10.6. The Balaban J connectivity index is 2.22. The molecule has 90 valence electrons. The van der Waals surface area contributed by atoms with Crippen LogP contribution >= 0.6 is 11.8 Å². The molecule has 1 N–H and O–H groups in total. The summed E-state index contributed by atoms with van der Waals surface area (Å²) in [5.41, 5.74) is 0. The van der Waals surface area contributed by atoms with Crippen LogP contribution in [0, 0.1) is 5.92 Å². The standard InChI is InChI=1S/C12H26N2S/c1-10-9-14(7-5-11(2)15-4)8-6-12(10)13-3/h10-13H,5-9H2,1-4H3. The highest BCUT2D eigenvalue weighted by atomic mass is 32.2. The van der Waals surface area contributed by atoms with Crippen molar-refractivity contribution in [2.45, 2.75) is 38.0 Å². The van der Waals surface area contributed by atoms with Crippen molar-refractivity contribution in [1.82, 2.24) is 10.2 Å². The lowest BCUT2D eigenvalue weighted by Gasteiger charge is -2.37. The predicted octanol–water partition coefficient (Wildman–Crippen LogP) is 2.06. The third kappa shape index (κ3) is 4.33. The predicted molar refractivity (Wildman–Crippen MR) is 70.7 cm³/mol. The van der Waals surface area contributed by atoms with Crippen LogP contribution < -0.4 is 5.32 Å². The van der Waals surface area contributed by atoms with Gasteiger partial charge in [-0.25, -0.2) is 0 Å². The number of hydrogen-bond acceptors (Lipinski definition) is 3. The van der Waals surface area contributed by atoms with Gasteiger partial charge in [-0.1, -0.05) is 13.8 Å². The van der Waals surface area contributed by atoms with Crippen molar-refractivity contribution in [3.63, 3.8) is 0 Å². The van der Waals surface area contributed by atoms with Crippen LogP contribution in [0.4, 0.5) is 0 Å². The fraction of sp³-hybridized carbons (Fsp3) is 1.00. The van der Waals surface area contributed by atoms with Gasteiger partial charge in [-0.3, -0.25) is 0 Å². The van der Waals surface area contributed by atoms with Crippen molar-refractivity contribution in [2.24, 2.45) is 5.92 Å². The van der Waals surface area contributed by atoms with Crippen molar-refractivity contribution in [3.8, 4) is 0 Å². The number of nitrogens with zero attached hydrogens (tertiary/aromatic N) is 1. The Bertz CT molecular complexity index is 175. The summed E-state index contributed by atoms with van der Waals surface area (Å²) < 4.78 is 0. The van der Waals surface area contributed by atoms with Crippen molar-refractivity contribution >= 4 is 11.8 Å². The maximum absolute atomic E-state index is 3.42. The van der Waals surface area contributed by atoms with E-state index in [4.69, 9.17) is 0 Å². The molecule has 0 spiro atoms. The van der Waals surface area contributed by atoms with Crippen molar-refractivity contribution < 1.29 is 0 Å². The summed E-state index contributed by atoms with van der Waals surface area (Å²) in [6.45, 7) is 8.52. The lowest BCUT2D eigenvalue weighted by molar-refractivity contribution is 0.150. The zero-order valence-corrected chi connectivity index (χ0v) is 11.4. The van der Waals surface area contributed by atoms with Crippen LogP contribution in [0.15, 0.2) is 0 Å². The van der Waals surface area contributed by atoms with E-state index in [1.165, 1.54) is 32.5 Å². The first-order chi connectivity index (χ1) is 7.17. The third-order valence-corrected chi connectivity index (χ3v) is 4.65. The summed E-state index contributed by atoms with van der Waals surface area (Å²) in [5.74, 6) is 0.799. The Labute approximate surface area is 99.2 Å². The summed E-state index contributed by atoms with van der Waals surface area (Å²) in [4.78, 5) is 2.63. The lowest BCUT2D eigenvalue weighted by Crippen LogP contribution is -2.47. The van der Waals surface area contributed by atoms with E-state index >= 15 is 0 Å². The summed E-state index contributed by atoms with van der Waals surface area (Å²) in [7, 11) is 2.09. The average molecular weight is 230 g/mol. The Hall–Kier alpha value is 0.270. The van der Waals surface area contributed by atoms with Gasteiger partial charge in [0.1, 0.15) is 0 Å². The molecule has 1 aliphatic rings. The van der Waals surface area contributed by atoms with Crippen LogP contribution in [0.25, 0.3) is 0 Å². The van der Waals surface area contributed by atoms with E-state index in [0.29, 0.717) is 0 Å². The topological polar surface area (TPSA) is 15.3 Å². The number of thioether (sulfide) groups is 1. The van der Waals surface area contributed by atoms with Crippen LogP contribution in [0.1, 0.15) is 26.7 Å². The molecule has 1 saturated heterocycles. The summed E-state index contributed by atoms with van der Waals surface area (Å²) in [6.07, 6.45) is 4.85. The van der Waals surface area contributed by atoms with Crippen LogP contribution in [0.5, 0.6) is 0 Å². The summed E-state index contributed by atoms with van der Waals surface area (Å²) in [5, 5.41) is 4.23. The van der Waals surface area contributed by atoms with Gasteiger partial charge in [0.2, 0.25) is 0 Å². The molecule has 0 aliphatic carbocycles. The highest BCUT2D eigenvalue weighted by Crippen LogP contribution is 2.18. The molecule has 3 heteroatoms. The second-order valence-corrected chi connectivity index (χ2v) is 6.07. The molecule has 0 amide bonds. The minimum absolute atomic E-state index is 0.735. The number of piperidine rings is 1. The van der Waals surface area contributed by atoms with E-state index in [9.17, 15) is 0 Å². The van der Waals surface area contributed by atoms with E-state index < -0.39 is 0 Å². The van der Waals surface area contributed by atoms with Gasteiger partial charge >= 0.3 is 0 Å². The molecule has 1 rings (SSSR count). The van der Waals surface area contributed by atoms with Gasteiger partial charge in [-0.15, -0.1) is 0 Å². The van der Waals surface area contributed by atoms with Crippen LogP contribution in [-0.4, -0.2) is 49.1 Å². The van der Waals surface area contributed by atoms with Crippen LogP contribution in [-0.2, 0) is 0 Å². The summed E-state index contributed by atoms with van der Waals surface area (Å²) in [6, 6.07) is 0.735. The Morgan fingerprint density at radius 2 is 2.27 bits per heavy atom. The Kier molecular flexibility index (Phi) is 6.02. The molecule has 0 radical (unpaired) electrons. The fourth-order valence-corrected chi connectivity index (χ4v) is 2.69.